The number of likely N-dealkylation sites (tertiary alicyclic amines) is 2. The third kappa shape index (κ3) is 7.74. The molecule has 2 aliphatic heterocycles. The number of imidazole rings is 2. The number of hydrogen-bond donors (Lipinski definition) is 4. The van der Waals surface area contributed by atoms with Crippen LogP contribution in [0.15, 0.2) is 79.1 Å². The number of amides is 3. The number of aromatic nitrogens is 4. The fourth-order valence-corrected chi connectivity index (χ4v) is 7.72. The van der Waals surface area contributed by atoms with Gasteiger partial charge in [0.05, 0.1) is 55.3 Å². The van der Waals surface area contributed by atoms with Crippen molar-refractivity contribution < 1.29 is 37.8 Å². The molecule has 0 saturated carbocycles. The Morgan fingerprint density at radius 1 is 0.821 bits per heavy atom. The molecule has 15 heteroatoms. The van der Waals surface area contributed by atoms with Crippen LogP contribution in [0, 0.1) is 11.6 Å². The largest absolute Gasteiger partial charge is 0.469 e. The summed E-state index contributed by atoms with van der Waals surface area (Å²) in [7, 11) is 1.29. The van der Waals surface area contributed by atoms with Gasteiger partial charge in [-0.3, -0.25) is 14.4 Å². The highest BCUT2D eigenvalue weighted by Gasteiger charge is 2.38. The summed E-state index contributed by atoms with van der Waals surface area (Å²) in [6.07, 6.45) is 4.34. The number of hydrogen-bond acceptors (Lipinski definition) is 7. The molecule has 4 N–H and O–H groups in total. The molecular weight excluding hydrogens is 724 g/mol. The Labute approximate surface area is 321 Å². The second kappa shape index (κ2) is 16.2. The van der Waals surface area contributed by atoms with Crippen LogP contribution in [-0.2, 0) is 19.1 Å². The minimum Gasteiger partial charge on any atom is -0.469 e. The number of nitrogens with one attached hydrogen (secondary N) is 3. The van der Waals surface area contributed by atoms with Crippen LogP contribution in [0.1, 0.15) is 74.2 Å². The van der Waals surface area contributed by atoms with Crippen LogP contribution < -0.4 is 5.32 Å². The number of benzene rings is 3. The van der Waals surface area contributed by atoms with Crippen molar-refractivity contribution in [3.8, 4) is 33.6 Å². The van der Waals surface area contributed by atoms with Crippen LogP contribution in [0.5, 0.6) is 0 Å². The smallest absolute Gasteiger partial charge is 0.405 e. The maximum atomic E-state index is 15.7. The van der Waals surface area contributed by atoms with Crippen molar-refractivity contribution in [2.24, 2.45) is 0 Å². The Morgan fingerprint density at radius 3 is 1.82 bits per heavy atom. The predicted octanol–water partition coefficient (Wildman–Crippen LogP) is 6.74. The van der Waals surface area contributed by atoms with Crippen LogP contribution in [0.4, 0.5) is 13.6 Å². The monoisotopic (exact) mass is 765 g/mol. The van der Waals surface area contributed by atoms with Gasteiger partial charge in [0, 0.05) is 24.2 Å². The minimum absolute atomic E-state index is 0.0980. The molecule has 0 spiro atoms. The SMILES string of the molecule is COC(=O)C[C@@H](C(=O)N1CCC[C@H]1c1ncc(-c2ccc(-c3ccc(-c4cnc([C@@H]5CCCN5C(=O)[C@H](C)NC(=O)O)[nH]4)c(F)c3)cc2F)[nH]1)c1ccccc1. The molecule has 290 valence electrons. The summed E-state index contributed by atoms with van der Waals surface area (Å²) in [5.74, 6) is -1.92. The molecule has 0 aliphatic carbocycles. The first-order valence-corrected chi connectivity index (χ1v) is 18.4. The molecule has 7 rings (SSSR count). The zero-order chi connectivity index (χ0) is 39.5. The number of halogens is 2. The molecule has 5 aromatic rings. The van der Waals surface area contributed by atoms with Gasteiger partial charge in [-0.05, 0) is 73.6 Å². The summed E-state index contributed by atoms with van der Waals surface area (Å²) >= 11 is 0. The molecule has 2 saturated heterocycles. The average Bonchev–Trinajstić information content (AvgIpc) is 4.03. The summed E-state index contributed by atoms with van der Waals surface area (Å²) in [6.45, 7) is 2.41. The number of aromatic amines is 2. The van der Waals surface area contributed by atoms with E-state index >= 15 is 8.78 Å². The number of carbonyl (C=O) groups is 4. The molecule has 13 nitrogen and oxygen atoms in total. The van der Waals surface area contributed by atoms with Crippen molar-refractivity contribution in [1.82, 2.24) is 35.1 Å². The number of carboxylic acid groups (broad SMARTS) is 1. The first kappa shape index (κ1) is 37.9. The lowest BCUT2D eigenvalue weighted by molar-refractivity contribution is -0.145. The Morgan fingerprint density at radius 2 is 1.34 bits per heavy atom. The number of rotatable bonds is 11. The molecule has 2 fully saturated rings. The minimum atomic E-state index is -1.29. The molecule has 2 aliphatic rings. The number of methoxy groups -OCH3 is 1. The average molecular weight is 766 g/mol. The standard InChI is InChI=1S/C41H41F2N7O6/c1-23(46-41(54)55)39(52)49-16-6-10-34(49)37-44-21-32(47-37)27-14-12-25(18-30(27)42)26-13-15-28(31(43)19-26)33-22-45-38(48-33)35-11-7-17-50(35)40(53)29(20-36(51)56-2)24-8-4-3-5-9-24/h3-5,8-9,12-15,18-19,21-23,29,34-35,46H,6-7,10-11,16-17,20H2,1-2H3,(H,44,47)(H,45,48)(H,54,55)/t23-,29+,34-,35-/m0/s1. The normalized spacial score (nSPS) is 17.8. The molecule has 0 unspecified atom stereocenters. The highest BCUT2D eigenvalue weighted by atomic mass is 19.1. The number of esters is 1. The van der Waals surface area contributed by atoms with E-state index in [1.54, 1.807) is 34.1 Å². The van der Waals surface area contributed by atoms with Gasteiger partial charge < -0.3 is 34.9 Å². The fraction of sp³-hybridized carbons (Fsp3) is 0.317. The lowest BCUT2D eigenvalue weighted by atomic mass is 9.94. The van der Waals surface area contributed by atoms with Gasteiger partial charge in [0.1, 0.15) is 29.3 Å². The van der Waals surface area contributed by atoms with E-state index in [0.717, 1.165) is 6.42 Å². The number of carbonyl (C=O) groups excluding carboxylic acids is 3. The van der Waals surface area contributed by atoms with Crippen LogP contribution in [0.25, 0.3) is 33.6 Å². The van der Waals surface area contributed by atoms with Gasteiger partial charge in [-0.25, -0.2) is 23.5 Å². The van der Waals surface area contributed by atoms with Gasteiger partial charge in [0.15, 0.2) is 0 Å². The van der Waals surface area contributed by atoms with E-state index in [2.05, 4.69) is 25.3 Å². The third-order valence-corrected chi connectivity index (χ3v) is 10.6. The lowest BCUT2D eigenvalue weighted by Crippen LogP contribution is -2.46. The van der Waals surface area contributed by atoms with Gasteiger partial charge in [-0.2, -0.15) is 0 Å². The number of ether oxygens (including phenoxy) is 1. The molecule has 3 aromatic carbocycles. The van der Waals surface area contributed by atoms with E-state index < -0.39 is 41.7 Å². The molecule has 2 aromatic heterocycles. The summed E-state index contributed by atoms with van der Waals surface area (Å²) < 4.78 is 36.2. The first-order valence-electron chi connectivity index (χ1n) is 18.4. The molecule has 0 radical (unpaired) electrons. The van der Waals surface area contributed by atoms with Crippen molar-refractivity contribution in [2.75, 3.05) is 20.2 Å². The second-order valence-corrected chi connectivity index (χ2v) is 14.0. The van der Waals surface area contributed by atoms with Gasteiger partial charge in [0.2, 0.25) is 11.8 Å². The highest BCUT2D eigenvalue weighted by molar-refractivity contribution is 5.89. The second-order valence-electron chi connectivity index (χ2n) is 14.0. The third-order valence-electron chi connectivity index (χ3n) is 10.6. The number of nitrogens with zero attached hydrogens (tertiary/aromatic N) is 4. The Kier molecular flexibility index (Phi) is 10.9. The van der Waals surface area contributed by atoms with Crippen molar-refractivity contribution >= 4 is 23.9 Å². The topological polar surface area (TPSA) is 174 Å². The maximum absolute atomic E-state index is 15.7. The maximum Gasteiger partial charge on any atom is 0.405 e. The number of H-pyrrole nitrogens is 2. The fourth-order valence-electron chi connectivity index (χ4n) is 7.72. The van der Waals surface area contributed by atoms with Crippen molar-refractivity contribution in [3.63, 3.8) is 0 Å². The molecular formula is C41H41F2N7O6. The summed E-state index contributed by atoms with van der Waals surface area (Å²) in [6, 6.07) is 16.6. The van der Waals surface area contributed by atoms with Gasteiger partial charge in [-0.1, -0.05) is 42.5 Å². The quantitative estimate of drug-likeness (QED) is 0.107. The molecule has 4 heterocycles. The van der Waals surface area contributed by atoms with Gasteiger partial charge in [0.25, 0.3) is 0 Å². The van der Waals surface area contributed by atoms with E-state index in [4.69, 9.17) is 9.84 Å². The van der Waals surface area contributed by atoms with Crippen molar-refractivity contribution in [1.29, 1.82) is 0 Å². The zero-order valence-corrected chi connectivity index (χ0v) is 30.8. The van der Waals surface area contributed by atoms with E-state index in [-0.39, 0.29) is 35.4 Å². The van der Waals surface area contributed by atoms with Crippen molar-refractivity contribution in [2.45, 2.75) is 63.1 Å². The highest BCUT2D eigenvalue weighted by Crippen LogP contribution is 2.37. The van der Waals surface area contributed by atoms with Gasteiger partial charge in [-0.15, -0.1) is 0 Å². The van der Waals surface area contributed by atoms with Crippen LogP contribution in [-0.4, -0.2) is 85.0 Å². The Balaban J connectivity index is 1.05. The molecule has 0 bridgehead atoms. The van der Waals surface area contributed by atoms with E-state index in [1.807, 2.05) is 30.3 Å². The van der Waals surface area contributed by atoms with Crippen LogP contribution in [0.2, 0.25) is 0 Å². The molecule has 56 heavy (non-hydrogen) atoms. The van der Waals surface area contributed by atoms with Crippen LogP contribution >= 0.6 is 0 Å². The van der Waals surface area contributed by atoms with E-state index in [1.165, 1.54) is 38.6 Å². The van der Waals surface area contributed by atoms with E-state index in [9.17, 15) is 19.2 Å². The molecule has 4 atom stereocenters. The Bertz CT molecular complexity index is 2260. The van der Waals surface area contributed by atoms with Crippen LogP contribution in [0.3, 0.4) is 0 Å². The summed E-state index contributed by atoms with van der Waals surface area (Å²) in [4.78, 5) is 68.7. The van der Waals surface area contributed by atoms with Crippen molar-refractivity contribution in [3.05, 3.63) is 108 Å². The first-order chi connectivity index (χ1) is 27.0. The van der Waals surface area contributed by atoms with Gasteiger partial charge >= 0.3 is 12.1 Å². The Hall–Kier alpha value is -6.38. The van der Waals surface area contributed by atoms with E-state index in [0.29, 0.717) is 72.1 Å². The predicted molar refractivity (Wildman–Crippen MR) is 201 cm³/mol. The molecule has 3 amide bonds. The summed E-state index contributed by atoms with van der Waals surface area (Å²) in [5, 5.41) is 11.2. The lowest BCUT2D eigenvalue weighted by Gasteiger charge is -2.28. The zero-order valence-electron chi connectivity index (χ0n) is 30.8. The summed E-state index contributed by atoms with van der Waals surface area (Å²) in [5.41, 5.74) is 2.94.